The van der Waals surface area contributed by atoms with Crippen LogP contribution in [0.4, 0.5) is 5.69 Å². The third kappa shape index (κ3) is 2.75. The van der Waals surface area contributed by atoms with Crippen molar-refractivity contribution in [2.24, 2.45) is 0 Å². The number of benzene rings is 1. The van der Waals surface area contributed by atoms with E-state index in [1.54, 1.807) is 6.92 Å². The van der Waals surface area contributed by atoms with Crippen LogP contribution in [0.2, 0.25) is 0 Å². The largest absolute Gasteiger partial charge is 0.360 e. The molecule has 2 rings (SSSR count). The summed E-state index contributed by atoms with van der Waals surface area (Å²) in [4.78, 5) is 24.1. The number of non-ortho nitro benzene ring substituents is 1. The van der Waals surface area contributed by atoms with Crippen LogP contribution < -0.4 is 0 Å². The Morgan fingerprint density at radius 1 is 1.60 bits per heavy atom. The van der Waals surface area contributed by atoms with Crippen LogP contribution in [-0.2, 0) is 4.74 Å². The first-order valence-corrected chi connectivity index (χ1v) is 6.08. The quantitative estimate of drug-likeness (QED) is 0.598. The lowest BCUT2D eigenvalue weighted by Crippen LogP contribution is -2.45. The summed E-state index contributed by atoms with van der Waals surface area (Å²) < 4.78 is 5.18. The number of ether oxygens (including phenoxy) is 1. The van der Waals surface area contributed by atoms with Crippen molar-refractivity contribution in [3.63, 3.8) is 0 Å². The van der Waals surface area contributed by atoms with Gasteiger partial charge in [-0.05, 0) is 18.6 Å². The van der Waals surface area contributed by atoms with E-state index in [1.165, 1.54) is 23.1 Å². The average Bonchev–Trinajstić information content (AvgIpc) is 2.46. The minimum atomic E-state index is -0.619. The molecule has 1 fully saturated rings. The summed E-state index contributed by atoms with van der Waals surface area (Å²) in [5.41, 5.74) is 0.911. The van der Waals surface area contributed by atoms with E-state index in [0.717, 1.165) is 0 Å². The Hall–Kier alpha value is -2.46. The van der Waals surface area contributed by atoms with Gasteiger partial charge in [0.05, 0.1) is 24.1 Å². The standard InChI is InChI=1S/C13H13N3O4/c1-9-6-10(16(18)19)2-3-12(9)13(17)15-4-5-20-11(7-14)8-15/h2-3,6,11H,4-5,8H2,1H3. The highest BCUT2D eigenvalue weighted by Gasteiger charge is 2.26. The van der Waals surface area contributed by atoms with E-state index in [0.29, 0.717) is 24.3 Å². The van der Waals surface area contributed by atoms with Crippen molar-refractivity contribution in [1.29, 1.82) is 5.26 Å². The first-order valence-electron chi connectivity index (χ1n) is 6.08. The number of hydrogen-bond acceptors (Lipinski definition) is 5. The average molecular weight is 275 g/mol. The summed E-state index contributed by atoms with van der Waals surface area (Å²) in [6.45, 7) is 2.59. The molecule has 7 heteroatoms. The summed E-state index contributed by atoms with van der Waals surface area (Å²) >= 11 is 0. The topological polar surface area (TPSA) is 96.5 Å². The van der Waals surface area contributed by atoms with Gasteiger partial charge in [0.1, 0.15) is 0 Å². The van der Waals surface area contributed by atoms with Gasteiger partial charge < -0.3 is 9.64 Å². The molecule has 1 aromatic rings. The predicted octanol–water partition coefficient (Wildman–Crippen LogP) is 1.27. The van der Waals surface area contributed by atoms with Crippen LogP contribution in [0.1, 0.15) is 15.9 Å². The highest BCUT2D eigenvalue weighted by atomic mass is 16.6. The molecule has 1 aromatic carbocycles. The van der Waals surface area contributed by atoms with Crippen LogP contribution in [-0.4, -0.2) is 41.5 Å². The highest BCUT2D eigenvalue weighted by molar-refractivity contribution is 5.96. The number of aryl methyl sites for hydroxylation is 1. The second-order valence-electron chi connectivity index (χ2n) is 4.50. The predicted molar refractivity (Wildman–Crippen MR) is 69.1 cm³/mol. The Labute approximate surface area is 115 Å². The molecule has 1 unspecified atom stereocenters. The minimum Gasteiger partial charge on any atom is -0.360 e. The van der Waals surface area contributed by atoms with E-state index in [-0.39, 0.29) is 18.1 Å². The monoisotopic (exact) mass is 275 g/mol. The zero-order valence-corrected chi connectivity index (χ0v) is 10.9. The van der Waals surface area contributed by atoms with E-state index in [4.69, 9.17) is 10.00 Å². The number of nitro groups is 1. The van der Waals surface area contributed by atoms with Crippen LogP contribution in [0.15, 0.2) is 18.2 Å². The molecule has 0 spiro atoms. The van der Waals surface area contributed by atoms with Gasteiger partial charge >= 0.3 is 0 Å². The van der Waals surface area contributed by atoms with Crippen LogP contribution in [0, 0.1) is 28.4 Å². The fourth-order valence-electron chi connectivity index (χ4n) is 2.08. The zero-order valence-electron chi connectivity index (χ0n) is 10.9. The van der Waals surface area contributed by atoms with E-state index in [9.17, 15) is 14.9 Å². The number of hydrogen-bond donors (Lipinski definition) is 0. The van der Waals surface area contributed by atoms with Gasteiger partial charge in [-0.1, -0.05) is 0 Å². The number of carbonyl (C=O) groups excluding carboxylic acids is 1. The molecule has 7 nitrogen and oxygen atoms in total. The smallest absolute Gasteiger partial charge is 0.269 e. The van der Waals surface area contributed by atoms with E-state index >= 15 is 0 Å². The number of rotatable bonds is 2. The summed E-state index contributed by atoms with van der Waals surface area (Å²) in [5, 5.41) is 19.5. The number of nitro benzene ring substituents is 1. The normalized spacial score (nSPS) is 18.4. The Kier molecular flexibility index (Phi) is 3.96. The van der Waals surface area contributed by atoms with Crippen LogP contribution in [0.3, 0.4) is 0 Å². The number of morpholine rings is 1. The first-order chi connectivity index (χ1) is 9.52. The Morgan fingerprint density at radius 3 is 2.95 bits per heavy atom. The molecule has 1 aliphatic heterocycles. The van der Waals surface area contributed by atoms with Crippen molar-refractivity contribution in [2.45, 2.75) is 13.0 Å². The molecule has 1 amide bonds. The molecule has 20 heavy (non-hydrogen) atoms. The zero-order chi connectivity index (χ0) is 14.7. The van der Waals surface area contributed by atoms with Gasteiger partial charge in [0.25, 0.3) is 11.6 Å². The lowest BCUT2D eigenvalue weighted by molar-refractivity contribution is -0.384. The third-order valence-corrected chi connectivity index (χ3v) is 3.15. The van der Waals surface area contributed by atoms with Crippen molar-refractivity contribution in [3.05, 3.63) is 39.4 Å². The fraction of sp³-hybridized carbons (Fsp3) is 0.385. The number of nitrogens with zero attached hydrogens (tertiary/aromatic N) is 3. The first kappa shape index (κ1) is 14.0. The summed E-state index contributed by atoms with van der Waals surface area (Å²) in [6.07, 6.45) is -0.619. The highest BCUT2D eigenvalue weighted by Crippen LogP contribution is 2.19. The fourth-order valence-corrected chi connectivity index (χ4v) is 2.08. The second-order valence-corrected chi connectivity index (χ2v) is 4.50. The lowest BCUT2D eigenvalue weighted by Gasteiger charge is -2.30. The van der Waals surface area contributed by atoms with Gasteiger partial charge in [-0.2, -0.15) is 5.26 Å². The maximum Gasteiger partial charge on any atom is 0.269 e. The van der Waals surface area contributed by atoms with E-state index in [1.807, 2.05) is 6.07 Å². The number of amides is 1. The summed E-state index contributed by atoms with van der Waals surface area (Å²) in [6, 6.07) is 6.10. The van der Waals surface area contributed by atoms with Crippen molar-refractivity contribution in [1.82, 2.24) is 4.90 Å². The molecule has 0 aliphatic carbocycles. The lowest BCUT2D eigenvalue weighted by atomic mass is 10.1. The molecule has 104 valence electrons. The van der Waals surface area contributed by atoms with Gasteiger partial charge in [0, 0.05) is 24.2 Å². The van der Waals surface area contributed by atoms with Crippen molar-refractivity contribution in [3.8, 4) is 6.07 Å². The molecule has 1 saturated heterocycles. The van der Waals surface area contributed by atoms with Gasteiger partial charge in [-0.3, -0.25) is 14.9 Å². The van der Waals surface area contributed by atoms with Crippen molar-refractivity contribution in [2.75, 3.05) is 19.7 Å². The molecule has 0 radical (unpaired) electrons. The number of nitriles is 1. The molecule has 1 aliphatic rings. The molecular weight excluding hydrogens is 262 g/mol. The molecule has 0 bridgehead atoms. The van der Waals surface area contributed by atoms with Gasteiger partial charge in [0.15, 0.2) is 6.10 Å². The maximum absolute atomic E-state index is 12.4. The maximum atomic E-state index is 12.4. The molecule has 0 saturated carbocycles. The van der Waals surface area contributed by atoms with E-state index < -0.39 is 11.0 Å². The summed E-state index contributed by atoms with van der Waals surface area (Å²) in [7, 11) is 0. The van der Waals surface area contributed by atoms with Gasteiger partial charge in [-0.25, -0.2) is 0 Å². The van der Waals surface area contributed by atoms with Crippen LogP contribution in [0.5, 0.6) is 0 Å². The van der Waals surface area contributed by atoms with Gasteiger partial charge in [-0.15, -0.1) is 0 Å². The summed E-state index contributed by atoms with van der Waals surface area (Å²) in [5.74, 6) is -0.235. The Morgan fingerprint density at radius 2 is 2.35 bits per heavy atom. The van der Waals surface area contributed by atoms with Crippen molar-refractivity contribution < 1.29 is 14.5 Å². The Bertz CT molecular complexity index is 594. The Balaban J connectivity index is 2.21. The molecular formula is C13H13N3O4. The third-order valence-electron chi connectivity index (χ3n) is 3.15. The minimum absolute atomic E-state index is 0.0454. The molecule has 0 aromatic heterocycles. The van der Waals surface area contributed by atoms with Crippen LogP contribution >= 0.6 is 0 Å². The van der Waals surface area contributed by atoms with E-state index in [2.05, 4.69) is 0 Å². The SMILES string of the molecule is Cc1cc([N+](=O)[O-])ccc1C(=O)N1CCOC(C#N)C1. The van der Waals surface area contributed by atoms with Gasteiger partial charge in [0.2, 0.25) is 0 Å². The second kappa shape index (κ2) is 5.67. The van der Waals surface area contributed by atoms with Crippen molar-refractivity contribution >= 4 is 11.6 Å². The molecule has 0 N–H and O–H groups in total. The molecule has 1 heterocycles. The molecule has 1 atom stereocenters. The van der Waals surface area contributed by atoms with Crippen LogP contribution in [0.25, 0.3) is 0 Å². The number of carbonyl (C=O) groups is 1.